The predicted octanol–water partition coefficient (Wildman–Crippen LogP) is 3.37. The van der Waals surface area contributed by atoms with E-state index in [1.807, 2.05) is 18.1 Å². The maximum atomic E-state index is 12.5. The van der Waals surface area contributed by atoms with Gasteiger partial charge in [-0.05, 0) is 78.3 Å². The lowest BCUT2D eigenvalue weighted by atomic mass is 9.98. The van der Waals surface area contributed by atoms with E-state index in [0.29, 0.717) is 36.5 Å². The Morgan fingerprint density at radius 3 is 2.61 bits per heavy atom. The number of carbonyl (C=O) groups excluding carboxylic acids is 1. The Morgan fingerprint density at radius 1 is 1.05 bits per heavy atom. The number of fused-ring (bicyclic) bond motifs is 2. The summed E-state index contributed by atoms with van der Waals surface area (Å²) in [4.78, 5) is 28.7. The van der Waals surface area contributed by atoms with Gasteiger partial charge >= 0.3 is 0 Å². The van der Waals surface area contributed by atoms with Gasteiger partial charge in [0.2, 0.25) is 11.9 Å². The molecule has 1 aliphatic carbocycles. The zero-order valence-corrected chi connectivity index (χ0v) is 23.2. The summed E-state index contributed by atoms with van der Waals surface area (Å²) >= 11 is 0. The largest absolute Gasteiger partial charge is 0.370 e. The lowest BCUT2D eigenvalue weighted by Crippen LogP contribution is -2.40. The lowest BCUT2D eigenvalue weighted by Gasteiger charge is -2.36. The summed E-state index contributed by atoms with van der Waals surface area (Å²) in [6.07, 6.45) is 13.4. The number of hydrogen-bond donors (Lipinski definition) is 2. The van der Waals surface area contributed by atoms with Gasteiger partial charge in [0.15, 0.2) is 0 Å². The fraction of sp³-hybridized carbons (Fsp3) is 0.714. The number of nitrogens with one attached hydrogen (secondary N) is 2. The van der Waals surface area contributed by atoms with Gasteiger partial charge in [0, 0.05) is 56.2 Å². The lowest BCUT2D eigenvalue weighted by molar-refractivity contribution is -0.130. The summed E-state index contributed by atoms with van der Waals surface area (Å²) < 4.78 is 2.18. The Morgan fingerprint density at radius 2 is 1.84 bits per heavy atom. The van der Waals surface area contributed by atoms with Gasteiger partial charge in [0.25, 0.3) is 0 Å². The fourth-order valence-corrected chi connectivity index (χ4v) is 6.58. The van der Waals surface area contributed by atoms with Crippen LogP contribution in [0.4, 0.5) is 17.5 Å². The van der Waals surface area contributed by atoms with Crippen LogP contribution in [0, 0.1) is 6.92 Å². The van der Waals surface area contributed by atoms with Gasteiger partial charge in [-0.3, -0.25) is 14.4 Å². The minimum atomic E-state index is 0.237. The van der Waals surface area contributed by atoms with Crippen molar-refractivity contribution in [1.29, 1.82) is 0 Å². The third-order valence-corrected chi connectivity index (χ3v) is 9.07. The molecule has 6 rings (SSSR count). The van der Waals surface area contributed by atoms with Gasteiger partial charge in [-0.25, -0.2) is 4.98 Å². The van der Waals surface area contributed by atoms with Gasteiger partial charge in [-0.15, -0.1) is 0 Å². The monoisotopic (exact) mass is 521 g/mol. The standard InChI is InChI=1S/C28H43N9O/c1-19-25(17-37(33-19)23-14-21-8-9-22(15-23)35(21)3)31-28-30-16-24(20-6-7-20)27(32-28)29-10-4-12-36-13-5-11-34(2)18-26(36)38/h16-17,20-23H,4-15,18H2,1-3H3,(H2,29,30,31,32). The molecule has 10 nitrogen and oxygen atoms in total. The first kappa shape index (κ1) is 25.6. The van der Waals surface area contributed by atoms with Crippen LogP contribution in [0.5, 0.6) is 0 Å². The van der Waals surface area contributed by atoms with E-state index >= 15 is 0 Å². The number of likely N-dealkylation sites (N-methyl/N-ethyl adjacent to an activating group) is 1. The first-order chi connectivity index (χ1) is 18.4. The van der Waals surface area contributed by atoms with Crippen LogP contribution in [0.3, 0.4) is 0 Å². The number of aromatic nitrogens is 4. The first-order valence-corrected chi connectivity index (χ1v) is 14.6. The molecule has 2 aromatic heterocycles. The van der Waals surface area contributed by atoms with Crippen molar-refractivity contribution in [2.75, 3.05) is 57.5 Å². The predicted molar refractivity (Wildman–Crippen MR) is 149 cm³/mol. The number of amides is 1. The third-order valence-electron chi connectivity index (χ3n) is 9.07. The minimum absolute atomic E-state index is 0.237. The molecule has 2 aromatic rings. The average molecular weight is 522 g/mol. The average Bonchev–Trinajstić information content (AvgIpc) is 3.66. The number of aryl methyl sites for hydroxylation is 1. The van der Waals surface area contributed by atoms with Crippen LogP contribution in [0.25, 0.3) is 0 Å². The van der Waals surface area contributed by atoms with Crippen molar-refractivity contribution >= 4 is 23.4 Å². The summed E-state index contributed by atoms with van der Waals surface area (Å²) in [5.41, 5.74) is 3.16. The number of anilines is 3. The summed E-state index contributed by atoms with van der Waals surface area (Å²) in [5, 5.41) is 11.9. The summed E-state index contributed by atoms with van der Waals surface area (Å²) in [5.74, 6) is 2.32. The van der Waals surface area contributed by atoms with E-state index in [-0.39, 0.29) is 5.91 Å². The molecule has 5 heterocycles. The third kappa shape index (κ3) is 5.52. The molecule has 4 aliphatic rings. The molecule has 0 radical (unpaired) electrons. The van der Waals surface area contributed by atoms with Crippen LogP contribution in [-0.4, -0.2) is 99.3 Å². The Kier molecular flexibility index (Phi) is 7.27. The number of hydrogen-bond acceptors (Lipinski definition) is 8. The van der Waals surface area contributed by atoms with Crippen molar-refractivity contribution in [3.8, 4) is 0 Å². The van der Waals surface area contributed by atoms with Crippen LogP contribution in [0.2, 0.25) is 0 Å². The molecule has 0 spiro atoms. The molecule has 2 unspecified atom stereocenters. The van der Waals surface area contributed by atoms with E-state index in [4.69, 9.17) is 10.1 Å². The fourth-order valence-electron chi connectivity index (χ4n) is 6.58. The van der Waals surface area contributed by atoms with E-state index in [1.54, 1.807) is 0 Å². The normalized spacial score (nSPS) is 26.6. The topological polar surface area (TPSA) is 94.5 Å². The van der Waals surface area contributed by atoms with Crippen LogP contribution in [-0.2, 0) is 4.79 Å². The van der Waals surface area contributed by atoms with Crippen molar-refractivity contribution in [3.63, 3.8) is 0 Å². The van der Waals surface area contributed by atoms with Crippen molar-refractivity contribution in [2.45, 2.75) is 82.3 Å². The van der Waals surface area contributed by atoms with E-state index in [0.717, 1.165) is 56.2 Å². The summed E-state index contributed by atoms with van der Waals surface area (Å²) in [6.45, 7) is 5.98. The van der Waals surface area contributed by atoms with Gasteiger partial charge in [0.1, 0.15) is 5.82 Å². The Hall–Kier alpha value is -2.72. The molecule has 4 fully saturated rings. The van der Waals surface area contributed by atoms with Crippen molar-refractivity contribution in [1.82, 2.24) is 34.4 Å². The molecule has 10 heteroatoms. The summed E-state index contributed by atoms with van der Waals surface area (Å²) in [6, 6.07) is 1.83. The summed E-state index contributed by atoms with van der Waals surface area (Å²) in [7, 11) is 4.30. The van der Waals surface area contributed by atoms with E-state index in [9.17, 15) is 4.79 Å². The molecule has 206 valence electrons. The molecule has 3 aliphatic heterocycles. The number of nitrogens with zero attached hydrogens (tertiary/aromatic N) is 7. The molecule has 2 atom stereocenters. The van der Waals surface area contributed by atoms with Gasteiger partial charge < -0.3 is 20.4 Å². The number of rotatable bonds is 9. The first-order valence-electron chi connectivity index (χ1n) is 14.6. The van der Waals surface area contributed by atoms with E-state index in [2.05, 4.69) is 50.3 Å². The van der Waals surface area contributed by atoms with E-state index < -0.39 is 0 Å². The molecule has 0 aromatic carbocycles. The highest BCUT2D eigenvalue weighted by molar-refractivity contribution is 5.78. The molecular formula is C28H43N9O. The van der Waals surface area contributed by atoms with Crippen LogP contribution in [0.15, 0.2) is 12.4 Å². The highest BCUT2D eigenvalue weighted by Crippen LogP contribution is 2.43. The molecule has 2 N–H and O–H groups in total. The van der Waals surface area contributed by atoms with Crippen molar-refractivity contribution < 1.29 is 4.79 Å². The van der Waals surface area contributed by atoms with Crippen LogP contribution < -0.4 is 10.6 Å². The van der Waals surface area contributed by atoms with Crippen LogP contribution in [0.1, 0.15) is 74.6 Å². The Bertz CT molecular complexity index is 1130. The van der Waals surface area contributed by atoms with Gasteiger partial charge in [-0.2, -0.15) is 10.1 Å². The second-order valence-corrected chi connectivity index (χ2v) is 11.9. The molecule has 1 amide bonds. The van der Waals surface area contributed by atoms with Crippen molar-refractivity contribution in [2.24, 2.45) is 0 Å². The molecule has 38 heavy (non-hydrogen) atoms. The zero-order chi connectivity index (χ0) is 26.2. The van der Waals surface area contributed by atoms with Crippen LogP contribution >= 0.6 is 0 Å². The molecular weight excluding hydrogens is 478 g/mol. The van der Waals surface area contributed by atoms with Crippen molar-refractivity contribution in [3.05, 3.63) is 23.7 Å². The SMILES string of the molecule is Cc1nn(C2CC3CCC(C2)N3C)cc1Nc1ncc(C2CC2)c(NCCCN2CCCN(C)CC2=O)n1. The number of carbonyl (C=O) groups is 1. The Balaban J connectivity index is 1.09. The van der Waals surface area contributed by atoms with E-state index in [1.165, 1.54) is 44.1 Å². The Labute approximate surface area is 226 Å². The maximum absolute atomic E-state index is 12.5. The highest BCUT2D eigenvalue weighted by atomic mass is 16.2. The van der Waals surface area contributed by atoms with Gasteiger partial charge in [-0.1, -0.05) is 0 Å². The highest BCUT2D eigenvalue weighted by Gasteiger charge is 2.39. The maximum Gasteiger partial charge on any atom is 0.236 e. The van der Waals surface area contributed by atoms with Gasteiger partial charge in [0.05, 0.1) is 24.0 Å². The molecule has 2 bridgehead atoms. The number of piperidine rings is 1. The smallest absolute Gasteiger partial charge is 0.236 e. The zero-order valence-electron chi connectivity index (χ0n) is 23.2. The second-order valence-electron chi connectivity index (χ2n) is 11.9. The molecule has 3 saturated heterocycles. The quantitative estimate of drug-likeness (QED) is 0.485. The molecule has 1 saturated carbocycles. The minimum Gasteiger partial charge on any atom is -0.370 e. The second kappa shape index (κ2) is 10.8.